The molecule has 0 aliphatic carbocycles. The van der Waals surface area contributed by atoms with Crippen molar-refractivity contribution in [3.8, 4) is 0 Å². The Hall–Kier alpha value is -1.32. The number of aliphatic hydroxyl groups excluding tert-OH is 1. The predicted octanol–water partition coefficient (Wildman–Crippen LogP) is 2.06. The summed E-state index contributed by atoms with van der Waals surface area (Å²) < 4.78 is 4.48. The van der Waals surface area contributed by atoms with Crippen molar-refractivity contribution in [3.05, 3.63) is 11.3 Å². The standard InChI is InChI=1S/C10H17NO3/c1-6(2)5-8(11)9(7(3)12)10(13)14-4/h6,11-12H,5H2,1-4H3/b9-7-,11-8?. The van der Waals surface area contributed by atoms with Gasteiger partial charge in [0.25, 0.3) is 0 Å². The van der Waals surface area contributed by atoms with Crippen LogP contribution in [0.2, 0.25) is 0 Å². The SMILES string of the molecule is COC(=O)/C(C(=N)CC(C)C)=C(/C)O. The molecule has 0 heterocycles. The third-order valence-corrected chi connectivity index (χ3v) is 1.67. The summed E-state index contributed by atoms with van der Waals surface area (Å²) in [4.78, 5) is 11.2. The number of hydrogen-bond donors (Lipinski definition) is 2. The van der Waals surface area contributed by atoms with Crippen molar-refractivity contribution in [3.63, 3.8) is 0 Å². The molecule has 0 aliphatic rings. The molecule has 0 spiro atoms. The Bertz CT molecular complexity index is 263. The van der Waals surface area contributed by atoms with E-state index >= 15 is 0 Å². The molecule has 0 fully saturated rings. The molecule has 0 amide bonds. The highest BCUT2D eigenvalue weighted by atomic mass is 16.5. The van der Waals surface area contributed by atoms with E-state index in [0.717, 1.165) is 0 Å². The first kappa shape index (κ1) is 12.7. The molecule has 14 heavy (non-hydrogen) atoms. The molecule has 0 bridgehead atoms. The van der Waals surface area contributed by atoms with Crippen LogP contribution in [-0.4, -0.2) is 23.9 Å². The topological polar surface area (TPSA) is 70.4 Å². The molecule has 0 atom stereocenters. The largest absolute Gasteiger partial charge is 0.512 e. The molecule has 0 aliphatic heterocycles. The first-order valence-corrected chi connectivity index (χ1v) is 4.46. The number of methoxy groups -OCH3 is 1. The fourth-order valence-electron chi connectivity index (χ4n) is 1.10. The summed E-state index contributed by atoms with van der Waals surface area (Å²) in [6.45, 7) is 5.26. The van der Waals surface area contributed by atoms with Crippen LogP contribution in [0.1, 0.15) is 27.2 Å². The molecule has 0 radical (unpaired) electrons. The molecule has 0 saturated heterocycles. The lowest BCUT2D eigenvalue weighted by molar-refractivity contribution is -0.135. The van der Waals surface area contributed by atoms with E-state index in [1.54, 1.807) is 0 Å². The van der Waals surface area contributed by atoms with Crippen LogP contribution in [0.25, 0.3) is 0 Å². The van der Waals surface area contributed by atoms with Gasteiger partial charge in [-0.25, -0.2) is 4.79 Å². The van der Waals surface area contributed by atoms with E-state index in [0.29, 0.717) is 6.42 Å². The van der Waals surface area contributed by atoms with Crippen LogP contribution in [0.5, 0.6) is 0 Å². The minimum absolute atomic E-state index is 0.0267. The number of hydrogen-bond acceptors (Lipinski definition) is 4. The number of esters is 1. The average molecular weight is 199 g/mol. The Morgan fingerprint density at radius 2 is 2.00 bits per heavy atom. The van der Waals surface area contributed by atoms with Crippen molar-refractivity contribution in [1.82, 2.24) is 0 Å². The summed E-state index contributed by atoms with van der Waals surface area (Å²) in [5, 5.41) is 16.9. The molecule has 0 aromatic heterocycles. The lowest BCUT2D eigenvalue weighted by atomic mass is 10.00. The van der Waals surface area contributed by atoms with Crippen molar-refractivity contribution in [1.29, 1.82) is 5.41 Å². The van der Waals surface area contributed by atoms with E-state index in [4.69, 9.17) is 5.41 Å². The second kappa shape index (κ2) is 5.42. The van der Waals surface area contributed by atoms with Gasteiger partial charge in [-0.1, -0.05) is 13.8 Å². The summed E-state index contributed by atoms with van der Waals surface area (Å²) in [5.74, 6) is -0.556. The van der Waals surface area contributed by atoms with Crippen LogP contribution >= 0.6 is 0 Å². The van der Waals surface area contributed by atoms with E-state index in [1.165, 1.54) is 14.0 Å². The normalized spacial score (nSPS) is 12.4. The maximum absolute atomic E-state index is 11.2. The highest BCUT2D eigenvalue weighted by molar-refractivity contribution is 6.18. The summed E-state index contributed by atoms with van der Waals surface area (Å²) in [6.07, 6.45) is 0.447. The van der Waals surface area contributed by atoms with Gasteiger partial charge >= 0.3 is 5.97 Å². The minimum Gasteiger partial charge on any atom is -0.512 e. The zero-order chi connectivity index (χ0) is 11.3. The lowest BCUT2D eigenvalue weighted by Crippen LogP contribution is -2.17. The summed E-state index contributed by atoms with van der Waals surface area (Å²) >= 11 is 0. The molecule has 2 N–H and O–H groups in total. The fourth-order valence-corrected chi connectivity index (χ4v) is 1.10. The van der Waals surface area contributed by atoms with E-state index in [9.17, 15) is 9.90 Å². The van der Waals surface area contributed by atoms with Crippen LogP contribution in [0.4, 0.5) is 0 Å². The van der Waals surface area contributed by atoms with Gasteiger partial charge in [-0.3, -0.25) is 0 Å². The Morgan fingerprint density at radius 1 is 1.50 bits per heavy atom. The number of aliphatic hydroxyl groups is 1. The van der Waals surface area contributed by atoms with Crippen molar-refractivity contribution in [2.75, 3.05) is 7.11 Å². The molecule has 0 unspecified atom stereocenters. The van der Waals surface area contributed by atoms with Crippen LogP contribution in [0.15, 0.2) is 11.3 Å². The van der Waals surface area contributed by atoms with Crippen molar-refractivity contribution in [2.45, 2.75) is 27.2 Å². The summed E-state index contributed by atoms with van der Waals surface area (Å²) in [7, 11) is 1.23. The number of ether oxygens (including phenoxy) is 1. The summed E-state index contributed by atoms with van der Waals surface area (Å²) in [6, 6.07) is 0. The van der Waals surface area contributed by atoms with Crippen LogP contribution in [0, 0.1) is 11.3 Å². The van der Waals surface area contributed by atoms with Gasteiger partial charge in [-0.2, -0.15) is 0 Å². The van der Waals surface area contributed by atoms with E-state index in [-0.39, 0.29) is 23.0 Å². The molecular weight excluding hydrogens is 182 g/mol. The van der Waals surface area contributed by atoms with Crippen LogP contribution < -0.4 is 0 Å². The van der Waals surface area contributed by atoms with Crippen LogP contribution in [-0.2, 0) is 9.53 Å². The molecule has 0 saturated carbocycles. The Balaban J connectivity index is 4.79. The highest BCUT2D eigenvalue weighted by Gasteiger charge is 2.19. The zero-order valence-corrected chi connectivity index (χ0v) is 9.05. The first-order valence-electron chi connectivity index (χ1n) is 4.46. The Labute approximate surface area is 84.1 Å². The molecule has 0 rings (SSSR count). The summed E-state index contributed by atoms with van der Waals surface area (Å²) in [5.41, 5.74) is 0.0908. The maximum atomic E-state index is 11.2. The van der Waals surface area contributed by atoms with Gasteiger partial charge in [0, 0.05) is 5.71 Å². The van der Waals surface area contributed by atoms with Gasteiger partial charge in [0.2, 0.25) is 0 Å². The smallest absolute Gasteiger partial charge is 0.343 e. The monoisotopic (exact) mass is 199 g/mol. The molecule has 4 nitrogen and oxygen atoms in total. The van der Waals surface area contributed by atoms with Crippen molar-refractivity contribution >= 4 is 11.7 Å². The minimum atomic E-state index is -0.657. The van der Waals surface area contributed by atoms with Gasteiger partial charge < -0.3 is 15.3 Å². The maximum Gasteiger partial charge on any atom is 0.343 e. The second-order valence-electron chi connectivity index (χ2n) is 3.53. The van der Waals surface area contributed by atoms with Gasteiger partial charge in [-0.15, -0.1) is 0 Å². The van der Waals surface area contributed by atoms with Gasteiger partial charge in [0.1, 0.15) is 11.3 Å². The Morgan fingerprint density at radius 3 is 2.29 bits per heavy atom. The van der Waals surface area contributed by atoms with E-state index in [2.05, 4.69) is 4.74 Å². The van der Waals surface area contributed by atoms with Crippen molar-refractivity contribution in [2.24, 2.45) is 5.92 Å². The van der Waals surface area contributed by atoms with Gasteiger partial charge in [-0.05, 0) is 19.3 Å². The second-order valence-corrected chi connectivity index (χ2v) is 3.53. The quantitative estimate of drug-likeness (QED) is 0.315. The predicted molar refractivity (Wildman–Crippen MR) is 54.5 cm³/mol. The average Bonchev–Trinajstić information content (AvgIpc) is 2.01. The van der Waals surface area contributed by atoms with E-state index in [1.807, 2.05) is 13.8 Å². The first-order chi connectivity index (χ1) is 6.40. The fraction of sp³-hybridized carbons (Fsp3) is 0.600. The number of allylic oxidation sites excluding steroid dienone is 1. The van der Waals surface area contributed by atoms with Gasteiger partial charge in [0.05, 0.1) is 7.11 Å². The molecule has 80 valence electrons. The van der Waals surface area contributed by atoms with E-state index < -0.39 is 5.97 Å². The number of carbonyl (C=O) groups is 1. The number of carbonyl (C=O) groups excluding carboxylic acids is 1. The number of nitrogens with one attached hydrogen (secondary N) is 1. The third-order valence-electron chi connectivity index (χ3n) is 1.67. The molecule has 0 aromatic rings. The van der Waals surface area contributed by atoms with Gasteiger partial charge in [0.15, 0.2) is 0 Å². The number of rotatable bonds is 4. The molecular formula is C10H17NO3. The third kappa shape index (κ3) is 3.60. The lowest BCUT2D eigenvalue weighted by Gasteiger charge is -2.10. The van der Waals surface area contributed by atoms with Crippen LogP contribution in [0.3, 0.4) is 0 Å². The zero-order valence-electron chi connectivity index (χ0n) is 9.05. The van der Waals surface area contributed by atoms with Crippen molar-refractivity contribution < 1.29 is 14.6 Å². The molecule has 4 heteroatoms. The molecule has 0 aromatic carbocycles. The highest BCUT2D eigenvalue weighted by Crippen LogP contribution is 2.12. The Kier molecular flexibility index (Phi) is 4.91.